The lowest BCUT2D eigenvalue weighted by molar-refractivity contribution is 0.507. The molecule has 0 amide bonds. The molecule has 0 aliphatic carbocycles. The number of nitrogens with one attached hydrogen (secondary N) is 2. The number of guanidine groups is 1. The van der Waals surface area contributed by atoms with Crippen molar-refractivity contribution < 1.29 is 4.42 Å². The summed E-state index contributed by atoms with van der Waals surface area (Å²) in [6.45, 7) is 4.56. The van der Waals surface area contributed by atoms with Crippen LogP contribution in [-0.2, 0) is 12.8 Å². The first-order valence-corrected chi connectivity index (χ1v) is 9.00. The largest absolute Gasteiger partial charge is 0.469 e. The minimum absolute atomic E-state index is 0.811. The molecule has 0 fully saturated rings. The van der Waals surface area contributed by atoms with E-state index in [9.17, 15) is 0 Å². The Morgan fingerprint density at radius 3 is 2.52 bits per heavy atom. The van der Waals surface area contributed by atoms with E-state index in [1.54, 1.807) is 6.26 Å². The lowest BCUT2D eigenvalue weighted by Gasteiger charge is -2.12. The molecule has 0 saturated heterocycles. The van der Waals surface area contributed by atoms with Crippen LogP contribution in [-0.4, -0.2) is 39.7 Å². The van der Waals surface area contributed by atoms with Crippen LogP contribution in [0.1, 0.15) is 24.7 Å². The van der Waals surface area contributed by atoms with Gasteiger partial charge >= 0.3 is 0 Å². The maximum absolute atomic E-state index is 5.34. The van der Waals surface area contributed by atoms with Crippen LogP contribution in [0.3, 0.4) is 0 Å². The van der Waals surface area contributed by atoms with Gasteiger partial charge in [0.1, 0.15) is 5.76 Å². The topological polar surface area (TPSA) is 52.8 Å². The summed E-state index contributed by atoms with van der Waals surface area (Å²) < 4.78 is 5.34. The van der Waals surface area contributed by atoms with Crippen LogP contribution < -0.4 is 15.5 Å². The molecule has 0 saturated carbocycles. The third-order valence-electron chi connectivity index (χ3n) is 3.93. The van der Waals surface area contributed by atoms with Crippen molar-refractivity contribution in [2.24, 2.45) is 4.99 Å². The second kappa shape index (κ2) is 10.4. The van der Waals surface area contributed by atoms with Gasteiger partial charge in [-0.1, -0.05) is 12.1 Å². The molecule has 5 heteroatoms. The monoisotopic (exact) mass is 342 g/mol. The van der Waals surface area contributed by atoms with E-state index in [0.717, 1.165) is 50.6 Å². The van der Waals surface area contributed by atoms with Gasteiger partial charge < -0.3 is 20.0 Å². The molecule has 0 radical (unpaired) electrons. The van der Waals surface area contributed by atoms with Gasteiger partial charge in [0.25, 0.3) is 0 Å². The smallest absolute Gasteiger partial charge is 0.191 e. The Morgan fingerprint density at radius 2 is 1.88 bits per heavy atom. The van der Waals surface area contributed by atoms with Crippen molar-refractivity contribution in [3.63, 3.8) is 0 Å². The van der Waals surface area contributed by atoms with Crippen LogP contribution in [0.15, 0.2) is 52.1 Å². The molecule has 0 atom stereocenters. The predicted octanol–water partition coefficient (Wildman–Crippen LogP) is 3.08. The summed E-state index contributed by atoms with van der Waals surface area (Å²) in [7, 11) is 4.12. The number of nitrogens with zero attached hydrogens (tertiary/aromatic N) is 2. The zero-order valence-corrected chi connectivity index (χ0v) is 15.6. The summed E-state index contributed by atoms with van der Waals surface area (Å²) >= 11 is 0. The molecule has 0 spiro atoms. The molecule has 0 aliphatic rings. The minimum Gasteiger partial charge on any atom is -0.469 e. The van der Waals surface area contributed by atoms with Crippen molar-refractivity contribution in [3.8, 4) is 0 Å². The highest BCUT2D eigenvalue weighted by molar-refractivity contribution is 5.79. The molecule has 1 aromatic heterocycles. The van der Waals surface area contributed by atoms with Gasteiger partial charge in [-0.15, -0.1) is 0 Å². The summed E-state index contributed by atoms with van der Waals surface area (Å²) in [4.78, 5) is 6.76. The summed E-state index contributed by atoms with van der Waals surface area (Å²) in [6.07, 6.45) is 4.65. The number of benzene rings is 1. The molecule has 136 valence electrons. The number of aliphatic imine (C=N–C) groups is 1. The van der Waals surface area contributed by atoms with Crippen LogP contribution in [0.4, 0.5) is 5.69 Å². The molecule has 2 aromatic rings. The normalized spacial score (nSPS) is 11.4. The highest BCUT2D eigenvalue weighted by atomic mass is 16.3. The van der Waals surface area contributed by atoms with Gasteiger partial charge in [-0.25, -0.2) is 0 Å². The Bertz CT molecular complexity index is 618. The van der Waals surface area contributed by atoms with E-state index < -0.39 is 0 Å². The first kappa shape index (κ1) is 18.9. The second-order valence-electron chi connectivity index (χ2n) is 6.18. The third-order valence-corrected chi connectivity index (χ3v) is 3.93. The Morgan fingerprint density at radius 1 is 1.08 bits per heavy atom. The van der Waals surface area contributed by atoms with Crippen molar-refractivity contribution in [2.45, 2.75) is 26.2 Å². The van der Waals surface area contributed by atoms with Gasteiger partial charge in [0.05, 0.1) is 6.26 Å². The fourth-order valence-corrected chi connectivity index (χ4v) is 2.54. The molecular weight excluding hydrogens is 312 g/mol. The quantitative estimate of drug-likeness (QED) is 0.418. The number of hydrogen-bond donors (Lipinski definition) is 2. The van der Waals surface area contributed by atoms with E-state index in [0.29, 0.717) is 0 Å². The number of anilines is 1. The van der Waals surface area contributed by atoms with Crippen LogP contribution in [0.2, 0.25) is 0 Å². The van der Waals surface area contributed by atoms with Gasteiger partial charge in [-0.3, -0.25) is 4.99 Å². The van der Waals surface area contributed by atoms with Crippen LogP contribution in [0.25, 0.3) is 0 Å². The van der Waals surface area contributed by atoms with Gasteiger partial charge in [-0.2, -0.15) is 0 Å². The molecule has 2 rings (SSSR count). The van der Waals surface area contributed by atoms with Gasteiger partial charge in [0.2, 0.25) is 0 Å². The average molecular weight is 342 g/mol. The molecule has 0 aliphatic heterocycles. The van der Waals surface area contributed by atoms with E-state index in [1.807, 2.05) is 12.1 Å². The fraction of sp³-hybridized carbons (Fsp3) is 0.450. The molecule has 0 bridgehead atoms. The lowest BCUT2D eigenvalue weighted by atomic mass is 10.1. The standard InChI is InChI=1S/C20H30N4O/c1-4-21-20(23-15-13-19-8-6-16-25-19)22-14-5-7-17-9-11-18(12-10-17)24(2)3/h6,8-12,16H,4-5,7,13-15H2,1-3H3,(H2,21,22,23). The molecule has 25 heavy (non-hydrogen) atoms. The van der Waals surface area contributed by atoms with Crippen LogP contribution >= 0.6 is 0 Å². The molecule has 5 nitrogen and oxygen atoms in total. The van der Waals surface area contributed by atoms with Crippen molar-refractivity contribution in [1.29, 1.82) is 0 Å². The van der Waals surface area contributed by atoms with E-state index in [-0.39, 0.29) is 0 Å². The highest BCUT2D eigenvalue weighted by Crippen LogP contribution is 2.13. The summed E-state index contributed by atoms with van der Waals surface area (Å²) in [5.74, 6) is 1.86. The van der Waals surface area contributed by atoms with Crippen molar-refractivity contribution in [2.75, 3.05) is 38.6 Å². The van der Waals surface area contributed by atoms with Gasteiger partial charge in [-0.05, 0) is 49.6 Å². The van der Waals surface area contributed by atoms with E-state index >= 15 is 0 Å². The van der Waals surface area contributed by atoms with Crippen molar-refractivity contribution in [1.82, 2.24) is 10.6 Å². The molecule has 2 N–H and O–H groups in total. The number of hydrogen-bond acceptors (Lipinski definition) is 3. The van der Waals surface area contributed by atoms with Crippen molar-refractivity contribution in [3.05, 3.63) is 54.0 Å². The Labute approximate surface area is 151 Å². The summed E-state index contributed by atoms with van der Waals surface area (Å²) in [6, 6.07) is 12.6. The molecule has 1 heterocycles. The van der Waals surface area contributed by atoms with Crippen LogP contribution in [0.5, 0.6) is 0 Å². The second-order valence-corrected chi connectivity index (χ2v) is 6.18. The molecule has 0 unspecified atom stereocenters. The predicted molar refractivity (Wildman–Crippen MR) is 105 cm³/mol. The van der Waals surface area contributed by atoms with E-state index in [2.05, 4.69) is 65.8 Å². The third kappa shape index (κ3) is 6.91. The number of aryl methyl sites for hydroxylation is 1. The minimum atomic E-state index is 0.811. The summed E-state index contributed by atoms with van der Waals surface area (Å²) in [5, 5.41) is 6.63. The Hall–Kier alpha value is -2.43. The lowest BCUT2D eigenvalue weighted by Crippen LogP contribution is -2.38. The van der Waals surface area contributed by atoms with E-state index in [1.165, 1.54) is 11.3 Å². The maximum Gasteiger partial charge on any atom is 0.191 e. The first-order valence-electron chi connectivity index (χ1n) is 9.00. The van der Waals surface area contributed by atoms with E-state index in [4.69, 9.17) is 4.42 Å². The SMILES string of the molecule is CCNC(=NCCCc1ccc(N(C)C)cc1)NCCc1ccco1. The molecular formula is C20H30N4O. The summed E-state index contributed by atoms with van der Waals surface area (Å²) in [5.41, 5.74) is 2.59. The highest BCUT2D eigenvalue weighted by Gasteiger charge is 2.00. The fourth-order valence-electron chi connectivity index (χ4n) is 2.54. The number of furan rings is 1. The Kier molecular flexibility index (Phi) is 7.89. The zero-order chi connectivity index (χ0) is 17.9. The van der Waals surface area contributed by atoms with Crippen molar-refractivity contribution >= 4 is 11.6 Å². The number of rotatable bonds is 9. The first-order chi connectivity index (χ1) is 12.2. The average Bonchev–Trinajstić information content (AvgIpc) is 3.12. The van der Waals surface area contributed by atoms with Gasteiger partial charge in [0.15, 0.2) is 5.96 Å². The zero-order valence-electron chi connectivity index (χ0n) is 15.6. The molecule has 1 aromatic carbocycles. The van der Waals surface area contributed by atoms with Gasteiger partial charge in [0, 0.05) is 45.8 Å². The Balaban J connectivity index is 1.72. The maximum atomic E-state index is 5.34. The van der Waals surface area contributed by atoms with Crippen LogP contribution in [0, 0.1) is 0 Å².